The largest absolute Gasteiger partial charge is 1.00 e. The summed E-state index contributed by atoms with van der Waals surface area (Å²) in [5, 5.41) is 10.9. The van der Waals surface area contributed by atoms with Gasteiger partial charge in [0.1, 0.15) is 0 Å². The van der Waals surface area contributed by atoms with Gasteiger partial charge in [-0.15, -0.1) is 6.61 Å². The normalized spacial score (nSPS) is 22.0. The third kappa shape index (κ3) is 2.59. The maximum Gasteiger partial charge on any atom is 1.00 e. The van der Waals surface area contributed by atoms with Crippen molar-refractivity contribution < 1.29 is 34.7 Å². The van der Waals surface area contributed by atoms with E-state index in [0.29, 0.717) is 0 Å². The van der Waals surface area contributed by atoms with Gasteiger partial charge in [0.2, 0.25) is 0 Å². The molecule has 0 heterocycles. The van der Waals surface area contributed by atoms with Crippen LogP contribution < -0.4 is 34.7 Å². The maximum atomic E-state index is 10.9. The van der Waals surface area contributed by atoms with E-state index in [4.69, 9.17) is 0 Å². The van der Waals surface area contributed by atoms with Gasteiger partial charge in [0.05, 0.1) is 0 Å². The van der Waals surface area contributed by atoms with Crippen LogP contribution in [0.4, 0.5) is 0 Å². The molecule has 0 saturated heterocycles. The van der Waals surface area contributed by atoms with Gasteiger partial charge in [-0.2, -0.15) is 0 Å². The minimum absolute atomic E-state index is 0. The Labute approximate surface area is 97.5 Å². The molecule has 1 nitrogen and oxygen atoms in total. The molecule has 0 spiro atoms. The van der Waals surface area contributed by atoms with Gasteiger partial charge in [0.25, 0.3) is 0 Å². The monoisotopic (exact) mass is 176 g/mol. The smallest absolute Gasteiger partial charge is 0.851 e. The van der Waals surface area contributed by atoms with Crippen molar-refractivity contribution >= 4 is 0 Å². The molecule has 0 aromatic rings. The van der Waals surface area contributed by atoms with E-state index in [-0.39, 0.29) is 41.6 Å². The van der Waals surface area contributed by atoms with Crippen molar-refractivity contribution in [2.45, 2.75) is 40.0 Å². The van der Waals surface area contributed by atoms with Crippen LogP contribution in [0.2, 0.25) is 0 Å². The Balaban J connectivity index is 0.00000121. The van der Waals surface area contributed by atoms with Gasteiger partial charge in [0.15, 0.2) is 0 Å². The number of hydrogen-bond donors (Lipinski definition) is 0. The Kier molecular flexibility index (Phi) is 5.08. The molecule has 64 valence electrons. The van der Waals surface area contributed by atoms with Crippen LogP contribution in [-0.2, 0) is 0 Å². The molecule has 0 N–H and O–H groups in total. The Hall–Kier alpha value is 0.700. The van der Waals surface area contributed by atoms with Crippen molar-refractivity contribution in [2.24, 2.45) is 5.41 Å². The van der Waals surface area contributed by atoms with Crippen LogP contribution in [0, 0.1) is 5.41 Å². The molecule has 0 radical (unpaired) electrons. The predicted molar refractivity (Wildman–Crippen MR) is 45.2 cm³/mol. The van der Waals surface area contributed by atoms with Gasteiger partial charge in [-0.1, -0.05) is 25.0 Å². The number of hydrogen-bond acceptors (Lipinski definition) is 1. The molecule has 0 aliphatic heterocycles. The molecular formula is C10H17NaO. The quantitative estimate of drug-likeness (QED) is 0.366. The fourth-order valence-corrected chi connectivity index (χ4v) is 1.99. The van der Waals surface area contributed by atoms with Gasteiger partial charge in [-0.3, -0.25) is 0 Å². The molecule has 1 aliphatic rings. The van der Waals surface area contributed by atoms with Gasteiger partial charge in [-0.25, -0.2) is 0 Å². The Morgan fingerprint density at radius 3 is 2.33 bits per heavy atom. The fraction of sp³-hybridized carbons (Fsp3) is 0.800. The minimum atomic E-state index is -0.00116. The van der Waals surface area contributed by atoms with Crippen molar-refractivity contribution in [1.82, 2.24) is 0 Å². The zero-order valence-electron chi connectivity index (χ0n) is 8.74. The average molecular weight is 176 g/mol. The molecular weight excluding hydrogens is 159 g/mol. The summed E-state index contributed by atoms with van der Waals surface area (Å²) in [6, 6.07) is 0. The van der Waals surface area contributed by atoms with Crippen molar-refractivity contribution in [3.05, 3.63) is 11.1 Å². The summed E-state index contributed by atoms with van der Waals surface area (Å²) in [6.45, 7) is 6.47. The summed E-state index contributed by atoms with van der Waals surface area (Å²) in [7, 11) is 0. The van der Waals surface area contributed by atoms with E-state index in [1.165, 1.54) is 18.4 Å². The predicted octanol–water partition coefficient (Wildman–Crippen LogP) is -1.12. The molecule has 1 rings (SSSR count). The zero-order valence-corrected chi connectivity index (χ0v) is 10.7. The molecule has 0 unspecified atom stereocenters. The van der Waals surface area contributed by atoms with Crippen LogP contribution in [0.1, 0.15) is 40.0 Å². The van der Waals surface area contributed by atoms with E-state index in [1.807, 2.05) is 0 Å². The van der Waals surface area contributed by atoms with Crippen LogP contribution in [0.15, 0.2) is 11.1 Å². The van der Waals surface area contributed by atoms with E-state index in [2.05, 4.69) is 20.8 Å². The summed E-state index contributed by atoms with van der Waals surface area (Å²) in [5.74, 6) is 0. The first kappa shape index (κ1) is 12.7. The second kappa shape index (κ2) is 4.80. The van der Waals surface area contributed by atoms with E-state index in [9.17, 15) is 5.11 Å². The van der Waals surface area contributed by atoms with E-state index in [1.54, 1.807) is 0 Å². The first-order valence-electron chi connectivity index (χ1n) is 4.35. The van der Waals surface area contributed by atoms with Crippen molar-refractivity contribution in [2.75, 3.05) is 6.61 Å². The fourth-order valence-electron chi connectivity index (χ4n) is 1.99. The van der Waals surface area contributed by atoms with Gasteiger partial charge >= 0.3 is 29.6 Å². The third-order valence-electron chi connectivity index (χ3n) is 2.83. The Morgan fingerprint density at radius 1 is 1.42 bits per heavy atom. The van der Waals surface area contributed by atoms with Crippen LogP contribution in [0.25, 0.3) is 0 Å². The molecule has 0 amide bonds. The molecule has 12 heavy (non-hydrogen) atoms. The Bertz CT molecular complexity index is 182. The number of allylic oxidation sites excluding steroid dienone is 1. The van der Waals surface area contributed by atoms with Crippen molar-refractivity contribution in [3.63, 3.8) is 0 Å². The standard InChI is InChI=1S/C10H17O.Na/c1-8-5-4-6-10(2,3)9(8)7-11;/h4-7H2,1-3H3;/q-1;+1. The van der Waals surface area contributed by atoms with E-state index in [0.717, 1.165) is 12.0 Å². The molecule has 0 atom stereocenters. The second-order valence-electron chi connectivity index (χ2n) is 4.14. The molecule has 0 fully saturated rings. The van der Waals surface area contributed by atoms with Crippen molar-refractivity contribution in [1.29, 1.82) is 0 Å². The van der Waals surface area contributed by atoms with Crippen molar-refractivity contribution in [3.8, 4) is 0 Å². The molecule has 2 heteroatoms. The van der Waals surface area contributed by atoms with E-state index < -0.39 is 0 Å². The summed E-state index contributed by atoms with van der Waals surface area (Å²) >= 11 is 0. The van der Waals surface area contributed by atoms with E-state index >= 15 is 0 Å². The summed E-state index contributed by atoms with van der Waals surface area (Å²) in [6.07, 6.45) is 3.57. The summed E-state index contributed by atoms with van der Waals surface area (Å²) < 4.78 is 0. The summed E-state index contributed by atoms with van der Waals surface area (Å²) in [5.41, 5.74) is 2.68. The topological polar surface area (TPSA) is 23.1 Å². The van der Waals surface area contributed by atoms with Gasteiger partial charge in [-0.05, 0) is 31.6 Å². The second-order valence-corrected chi connectivity index (χ2v) is 4.14. The molecule has 0 aromatic carbocycles. The maximum absolute atomic E-state index is 10.9. The van der Waals surface area contributed by atoms with Gasteiger partial charge in [0, 0.05) is 0 Å². The SMILES string of the molecule is CC1=C(C[O-])C(C)(C)CCC1.[Na+]. The molecule has 0 saturated carbocycles. The first-order chi connectivity index (χ1) is 5.08. The minimum Gasteiger partial charge on any atom is -0.851 e. The Morgan fingerprint density at radius 2 is 2.00 bits per heavy atom. The van der Waals surface area contributed by atoms with Gasteiger partial charge < -0.3 is 5.11 Å². The molecule has 1 aliphatic carbocycles. The van der Waals surface area contributed by atoms with Crippen LogP contribution in [0.5, 0.6) is 0 Å². The zero-order chi connectivity index (χ0) is 8.48. The van der Waals surface area contributed by atoms with Crippen LogP contribution >= 0.6 is 0 Å². The summed E-state index contributed by atoms with van der Waals surface area (Å²) in [4.78, 5) is 0. The molecule has 0 aromatic heterocycles. The third-order valence-corrected chi connectivity index (χ3v) is 2.83. The van der Waals surface area contributed by atoms with Crippen LogP contribution in [0.3, 0.4) is 0 Å². The van der Waals surface area contributed by atoms with Crippen LogP contribution in [-0.4, -0.2) is 6.61 Å². The first-order valence-corrected chi connectivity index (χ1v) is 4.35. The number of rotatable bonds is 1. The average Bonchev–Trinajstić information content (AvgIpc) is 1.86. The molecule has 0 bridgehead atoms.